The number of para-hydroxylation sites is 1. The van der Waals surface area contributed by atoms with Crippen LogP contribution in [0.15, 0.2) is 48.5 Å². The van der Waals surface area contributed by atoms with Gasteiger partial charge in [0.25, 0.3) is 0 Å². The van der Waals surface area contributed by atoms with Gasteiger partial charge in [-0.3, -0.25) is 5.32 Å². The Kier molecular flexibility index (Phi) is 3.81. The second-order valence-electron chi connectivity index (χ2n) is 3.62. The molecule has 2 aromatic carbocycles. The molecule has 0 unspecified atom stereocenters. The average molecular weight is 242 g/mol. The van der Waals surface area contributed by atoms with Crippen LogP contribution < -0.4 is 5.32 Å². The molecule has 2 aromatic rings. The van der Waals surface area contributed by atoms with E-state index in [4.69, 9.17) is 4.74 Å². The van der Waals surface area contributed by atoms with Gasteiger partial charge in [-0.2, -0.15) is 0 Å². The molecule has 18 heavy (non-hydrogen) atoms. The predicted molar refractivity (Wildman–Crippen MR) is 67.2 cm³/mol. The molecule has 0 aliphatic carbocycles. The van der Waals surface area contributed by atoms with Gasteiger partial charge in [-0.05, 0) is 11.6 Å². The second kappa shape index (κ2) is 5.72. The van der Waals surface area contributed by atoms with Crippen LogP contribution in [-0.2, 0) is 11.3 Å². The average Bonchev–Trinajstić information content (AvgIpc) is 2.40. The van der Waals surface area contributed by atoms with Crippen molar-refractivity contribution in [2.24, 2.45) is 0 Å². The molecule has 0 bridgehead atoms. The minimum absolute atomic E-state index is 0.0471. The Morgan fingerprint density at radius 3 is 2.72 bits per heavy atom. The molecule has 0 aliphatic heterocycles. The summed E-state index contributed by atoms with van der Waals surface area (Å²) in [7, 11) is 0. The molecule has 1 radical (unpaired) electrons. The molecule has 4 nitrogen and oxygen atoms in total. The Bertz CT molecular complexity index is 526. The van der Waals surface area contributed by atoms with Gasteiger partial charge in [0.05, 0.1) is 5.69 Å². The predicted octanol–water partition coefficient (Wildman–Crippen LogP) is 2.94. The zero-order chi connectivity index (χ0) is 12.8. The number of anilines is 1. The Morgan fingerprint density at radius 1 is 1.22 bits per heavy atom. The van der Waals surface area contributed by atoms with Crippen molar-refractivity contribution < 1.29 is 14.6 Å². The van der Waals surface area contributed by atoms with Crippen LogP contribution in [0.3, 0.4) is 0 Å². The molecule has 0 saturated heterocycles. The lowest BCUT2D eigenvalue weighted by molar-refractivity contribution is 0.155. The van der Waals surface area contributed by atoms with Gasteiger partial charge in [0, 0.05) is 6.07 Å². The van der Waals surface area contributed by atoms with Crippen molar-refractivity contribution in [1.29, 1.82) is 0 Å². The van der Waals surface area contributed by atoms with Gasteiger partial charge < -0.3 is 9.84 Å². The number of hydrogen-bond donors (Lipinski definition) is 2. The highest BCUT2D eigenvalue weighted by atomic mass is 16.5. The number of rotatable bonds is 3. The molecular formula is C14H12NO3. The summed E-state index contributed by atoms with van der Waals surface area (Å²) in [6.45, 7) is 0.181. The van der Waals surface area contributed by atoms with Gasteiger partial charge in [0.15, 0.2) is 0 Å². The number of hydrogen-bond acceptors (Lipinski definition) is 3. The third kappa shape index (κ3) is 3.25. The minimum Gasteiger partial charge on any atom is -0.506 e. The zero-order valence-corrected chi connectivity index (χ0v) is 9.59. The lowest BCUT2D eigenvalue weighted by atomic mass is 10.2. The van der Waals surface area contributed by atoms with E-state index in [0.717, 1.165) is 5.56 Å². The first-order valence-electron chi connectivity index (χ1n) is 5.43. The van der Waals surface area contributed by atoms with Gasteiger partial charge in [-0.1, -0.05) is 42.5 Å². The Balaban J connectivity index is 1.88. The number of amides is 1. The van der Waals surface area contributed by atoms with Crippen molar-refractivity contribution in [2.75, 3.05) is 5.32 Å². The van der Waals surface area contributed by atoms with Gasteiger partial charge in [0.1, 0.15) is 12.4 Å². The van der Waals surface area contributed by atoms with Gasteiger partial charge in [-0.15, -0.1) is 0 Å². The first-order valence-corrected chi connectivity index (χ1v) is 5.43. The smallest absolute Gasteiger partial charge is 0.412 e. The van der Waals surface area contributed by atoms with E-state index in [2.05, 4.69) is 11.4 Å². The molecule has 0 atom stereocenters. The molecule has 1 amide bonds. The summed E-state index contributed by atoms with van der Waals surface area (Å²) < 4.78 is 5.01. The number of carbonyl (C=O) groups excluding carboxylic acids is 1. The maximum atomic E-state index is 11.5. The van der Waals surface area contributed by atoms with E-state index < -0.39 is 6.09 Å². The topological polar surface area (TPSA) is 58.6 Å². The van der Waals surface area contributed by atoms with Crippen molar-refractivity contribution in [3.8, 4) is 5.75 Å². The summed E-state index contributed by atoms with van der Waals surface area (Å²) in [6.07, 6.45) is -0.628. The minimum atomic E-state index is -0.628. The number of phenolic OH excluding ortho intramolecular Hbond substituents is 1. The van der Waals surface area contributed by atoms with E-state index >= 15 is 0 Å². The SMILES string of the molecule is O=C(Nc1[c]cccc1O)OCc1ccccc1. The normalized spacial score (nSPS) is 9.78. The lowest BCUT2D eigenvalue weighted by Gasteiger charge is -2.07. The Morgan fingerprint density at radius 2 is 2.00 bits per heavy atom. The molecule has 0 aromatic heterocycles. The number of aromatic hydroxyl groups is 1. The molecule has 4 heteroatoms. The summed E-state index contributed by atoms with van der Waals surface area (Å²) in [5.41, 5.74) is 1.10. The van der Waals surface area contributed by atoms with Crippen LogP contribution in [0.5, 0.6) is 5.75 Å². The van der Waals surface area contributed by atoms with E-state index in [9.17, 15) is 9.90 Å². The number of ether oxygens (including phenoxy) is 1. The number of nitrogens with one attached hydrogen (secondary N) is 1. The molecule has 0 heterocycles. The third-order valence-electron chi connectivity index (χ3n) is 2.27. The van der Waals surface area contributed by atoms with Crippen molar-refractivity contribution in [2.45, 2.75) is 6.61 Å². The largest absolute Gasteiger partial charge is 0.506 e. The zero-order valence-electron chi connectivity index (χ0n) is 9.59. The van der Waals surface area contributed by atoms with Crippen molar-refractivity contribution in [1.82, 2.24) is 0 Å². The number of benzene rings is 2. The van der Waals surface area contributed by atoms with E-state index in [1.165, 1.54) is 6.07 Å². The molecule has 2 N–H and O–H groups in total. The highest BCUT2D eigenvalue weighted by molar-refractivity contribution is 5.86. The lowest BCUT2D eigenvalue weighted by Crippen LogP contribution is -2.13. The summed E-state index contributed by atoms with van der Waals surface area (Å²) in [4.78, 5) is 11.5. The Labute approximate surface area is 105 Å². The van der Waals surface area contributed by atoms with Crippen LogP contribution in [0.4, 0.5) is 10.5 Å². The first kappa shape index (κ1) is 12.0. The van der Waals surface area contributed by atoms with Gasteiger partial charge in [0.2, 0.25) is 0 Å². The highest BCUT2D eigenvalue weighted by Crippen LogP contribution is 2.20. The van der Waals surface area contributed by atoms with Crippen LogP contribution >= 0.6 is 0 Å². The summed E-state index contributed by atoms with van der Waals surface area (Å²) in [5, 5.41) is 11.9. The van der Waals surface area contributed by atoms with E-state index in [0.29, 0.717) is 0 Å². The summed E-state index contributed by atoms with van der Waals surface area (Å²) >= 11 is 0. The number of carbonyl (C=O) groups is 1. The van der Waals surface area contributed by atoms with Crippen LogP contribution in [0.25, 0.3) is 0 Å². The first-order chi connectivity index (χ1) is 8.75. The maximum Gasteiger partial charge on any atom is 0.412 e. The van der Waals surface area contributed by atoms with Gasteiger partial charge in [-0.25, -0.2) is 4.79 Å². The van der Waals surface area contributed by atoms with E-state index in [1.807, 2.05) is 30.3 Å². The highest BCUT2D eigenvalue weighted by Gasteiger charge is 2.06. The summed E-state index contributed by atoms with van der Waals surface area (Å²) in [6, 6.07) is 16.7. The molecular weight excluding hydrogens is 230 g/mol. The molecule has 0 aliphatic rings. The van der Waals surface area contributed by atoms with Crippen LogP contribution in [0, 0.1) is 6.07 Å². The standard InChI is InChI=1S/C14H12NO3/c16-13-9-5-4-8-12(13)15-14(17)18-10-11-6-2-1-3-7-11/h1-7,9,16H,10H2,(H,15,17). The number of phenols is 1. The van der Waals surface area contributed by atoms with E-state index in [-0.39, 0.29) is 18.0 Å². The van der Waals surface area contributed by atoms with Crippen molar-refractivity contribution in [3.05, 3.63) is 60.2 Å². The van der Waals surface area contributed by atoms with Gasteiger partial charge >= 0.3 is 6.09 Å². The van der Waals surface area contributed by atoms with Crippen molar-refractivity contribution in [3.63, 3.8) is 0 Å². The molecule has 0 fully saturated rings. The fourth-order valence-electron chi connectivity index (χ4n) is 1.39. The third-order valence-corrected chi connectivity index (χ3v) is 2.27. The van der Waals surface area contributed by atoms with Crippen LogP contribution in [-0.4, -0.2) is 11.2 Å². The fraction of sp³-hybridized carbons (Fsp3) is 0.0714. The summed E-state index contributed by atoms with van der Waals surface area (Å²) in [5.74, 6) is -0.0471. The Hall–Kier alpha value is -2.49. The molecule has 2 rings (SSSR count). The maximum absolute atomic E-state index is 11.5. The van der Waals surface area contributed by atoms with Crippen molar-refractivity contribution >= 4 is 11.8 Å². The molecule has 0 spiro atoms. The molecule has 0 saturated carbocycles. The van der Waals surface area contributed by atoms with Crippen LogP contribution in [0.1, 0.15) is 5.56 Å². The molecule has 91 valence electrons. The van der Waals surface area contributed by atoms with Crippen LogP contribution in [0.2, 0.25) is 0 Å². The van der Waals surface area contributed by atoms with E-state index in [1.54, 1.807) is 12.1 Å². The second-order valence-corrected chi connectivity index (χ2v) is 3.62. The monoisotopic (exact) mass is 242 g/mol. The fourth-order valence-corrected chi connectivity index (χ4v) is 1.39. The quantitative estimate of drug-likeness (QED) is 0.813.